The van der Waals surface area contributed by atoms with Gasteiger partial charge in [0, 0.05) is 0 Å². The maximum atomic E-state index is 2.39. The van der Waals surface area contributed by atoms with Crippen LogP contribution in [-0.4, -0.2) is 0 Å². The summed E-state index contributed by atoms with van der Waals surface area (Å²) in [5.41, 5.74) is 8.20. The van der Waals surface area contributed by atoms with Gasteiger partial charge < -0.3 is 0 Å². The van der Waals surface area contributed by atoms with Crippen LogP contribution in [0.1, 0.15) is 69.4 Å². The summed E-state index contributed by atoms with van der Waals surface area (Å²) in [6.07, 6.45) is 9.40. The molecule has 0 amide bonds. The molecule has 1 aliphatic rings. The minimum atomic E-state index is 0.758. The molecule has 3 aromatic rings. The van der Waals surface area contributed by atoms with E-state index in [1.54, 1.807) is 0 Å². The van der Waals surface area contributed by atoms with Crippen molar-refractivity contribution in [3.63, 3.8) is 0 Å². The average Bonchev–Trinajstić information content (AvgIpc) is 2.80. The van der Waals surface area contributed by atoms with Gasteiger partial charge in [-0.2, -0.15) is 0 Å². The molecule has 0 aliphatic heterocycles. The molecule has 3 aromatic carbocycles. The summed E-state index contributed by atoms with van der Waals surface area (Å²) in [4.78, 5) is 0. The molecule has 1 saturated carbocycles. The van der Waals surface area contributed by atoms with Crippen LogP contribution in [0.5, 0.6) is 0 Å². The van der Waals surface area contributed by atoms with E-state index in [9.17, 15) is 0 Å². The molecule has 0 bridgehead atoms. The lowest BCUT2D eigenvalue weighted by molar-refractivity contribution is 0.308. The van der Waals surface area contributed by atoms with E-state index in [-0.39, 0.29) is 0 Å². The number of benzene rings is 3. The van der Waals surface area contributed by atoms with Gasteiger partial charge in [0.1, 0.15) is 0 Å². The van der Waals surface area contributed by atoms with Crippen LogP contribution in [0, 0.1) is 5.92 Å². The molecular weight excluding hydrogens is 348 g/mol. The molecule has 0 aromatic heterocycles. The Balaban J connectivity index is 1.54. The van der Waals surface area contributed by atoms with Crippen LogP contribution in [0.25, 0.3) is 22.3 Å². The zero-order valence-electron chi connectivity index (χ0n) is 18.0. The zero-order chi connectivity index (χ0) is 20.1. The van der Waals surface area contributed by atoms with E-state index in [2.05, 4.69) is 86.6 Å². The topological polar surface area (TPSA) is 0 Å². The van der Waals surface area contributed by atoms with Crippen LogP contribution < -0.4 is 0 Å². The molecule has 0 nitrogen and oxygen atoms in total. The molecule has 0 N–H and O–H groups in total. The smallest absolute Gasteiger partial charge is 0.0105 e. The van der Waals surface area contributed by atoms with Crippen molar-refractivity contribution in [3.05, 3.63) is 83.9 Å². The Morgan fingerprint density at radius 3 is 1.72 bits per heavy atom. The molecule has 1 fully saturated rings. The monoisotopic (exact) mass is 382 g/mol. The second-order valence-electron chi connectivity index (χ2n) is 8.72. The van der Waals surface area contributed by atoms with Gasteiger partial charge in [0.2, 0.25) is 0 Å². The highest BCUT2D eigenvalue weighted by Crippen LogP contribution is 2.39. The maximum absolute atomic E-state index is 2.39. The molecule has 0 atom stereocenters. The number of aryl methyl sites for hydroxylation is 1. The summed E-state index contributed by atoms with van der Waals surface area (Å²) in [6, 6.07) is 27.3. The van der Waals surface area contributed by atoms with E-state index in [0.717, 1.165) is 18.3 Å². The Morgan fingerprint density at radius 2 is 1.21 bits per heavy atom. The summed E-state index contributed by atoms with van der Waals surface area (Å²) >= 11 is 0. The van der Waals surface area contributed by atoms with Gasteiger partial charge in [-0.15, -0.1) is 0 Å². The molecule has 0 heterocycles. The third kappa shape index (κ3) is 4.64. The van der Waals surface area contributed by atoms with Gasteiger partial charge in [-0.05, 0) is 77.3 Å². The molecule has 0 saturated heterocycles. The Bertz CT molecular complexity index is 894. The van der Waals surface area contributed by atoms with Crippen molar-refractivity contribution in [2.24, 2.45) is 5.92 Å². The molecule has 1 aliphatic carbocycles. The maximum Gasteiger partial charge on any atom is -0.0105 e. The fourth-order valence-corrected chi connectivity index (χ4v) is 5.03. The van der Waals surface area contributed by atoms with Crippen molar-refractivity contribution in [2.45, 2.75) is 64.7 Å². The highest BCUT2D eigenvalue weighted by atomic mass is 14.3. The first kappa shape index (κ1) is 20.0. The van der Waals surface area contributed by atoms with Crippen molar-refractivity contribution in [2.75, 3.05) is 0 Å². The van der Waals surface area contributed by atoms with E-state index in [1.165, 1.54) is 71.9 Å². The molecule has 0 spiro atoms. The minimum absolute atomic E-state index is 0.758. The Hall–Kier alpha value is -2.34. The van der Waals surface area contributed by atoms with Crippen molar-refractivity contribution < 1.29 is 0 Å². The molecule has 150 valence electrons. The summed E-state index contributed by atoms with van der Waals surface area (Å²) in [6.45, 7) is 4.53. The van der Waals surface area contributed by atoms with Gasteiger partial charge in [0.05, 0.1) is 0 Å². The Kier molecular flexibility index (Phi) is 6.49. The van der Waals surface area contributed by atoms with Gasteiger partial charge in [-0.25, -0.2) is 0 Å². The van der Waals surface area contributed by atoms with Crippen LogP contribution in [0.3, 0.4) is 0 Å². The molecule has 0 unspecified atom stereocenters. The largest absolute Gasteiger partial charge is 0.0654 e. The van der Waals surface area contributed by atoms with Crippen molar-refractivity contribution in [1.82, 2.24) is 0 Å². The Labute approximate surface area is 177 Å². The van der Waals surface area contributed by atoms with Crippen LogP contribution in [0.4, 0.5) is 0 Å². The lowest BCUT2D eigenvalue weighted by Crippen LogP contribution is -2.13. The molecule has 0 radical (unpaired) electrons. The number of hydrogen-bond donors (Lipinski definition) is 0. The standard InChI is InChI=1S/C29H34/c1-3-7-23-12-14-24(15-13-23)25-18-20-27(21-19-25)29-9-6-5-8-28(29)26-16-10-22(4-2)11-17-26/h5-6,8-11,16-21,23-24H,3-4,7,12-15H2,1-2H3. The highest BCUT2D eigenvalue weighted by Gasteiger charge is 2.21. The fraction of sp³-hybridized carbons (Fsp3) is 0.379. The SMILES string of the molecule is CCCC1CCC(c2ccc(-c3ccccc3-c3ccc(CC)cc3)cc2)CC1. The number of rotatable bonds is 6. The van der Waals surface area contributed by atoms with Crippen LogP contribution in [-0.2, 0) is 6.42 Å². The second kappa shape index (κ2) is 9.44. The van der Waals surface area contributed by atoms with E-state index >= 15 is 0 Å². The quantitative estimate of drug-likeness (QED) is 0.400. The normalized spacial score (nSPS) is 19.2. The number of hydrogen-bond acceptors (Lipinski definition) is 0. The van der Waals surface area contributed by atoms with Crippen molar-refractivity contribution in [1.29, 1.82) is 0 Å². The van der Waals surface area contributed by atoms with Crippen LogP contribution in [0.2, 0.25) is 0 Å². The lowest BCUT2D eigenvalue weighted by atomic mass is 9.77. The van der Waals surface area contributed by atoms with Crippen molar-refractivity contribution >= 4 is 0 Å². The lowest BCUT2D eigenvalue weighted by Gasteiger charge is -2.28. The predicted octanol–water partition coefficient (Wildman–Crippen LogP) is 8.66. The van der Waals surface area contributed by atoms with E-state index in [4.69, 9.17) is 0 Å². The first-order chi connectivity index (χ1) is 14.3. The van der Waals surface area contributed by atoms with Gasteiger partial charge in [0.15, 0.2) is 0 Å². The van der Waals surface area contributed by atoms with Crippen molar-refractivity contribution in [3.8, 4) is 22.3 Å². The summed E-state index contributed by atoms with van der Waals surface area (Å²) in [5, 5.41) is 0. The fourth-order valence-electron chi connectivity index (χ4n) is 5.03. The average molecular weight is 383 g/mol. The van der Waals surface area contributed by atoms with E-state index in [1.807, 2.05) is 0 Å². The van der Waals surface area contributed by atoms with E-state index < -0.39 is 0 Å². The van der Waals surface area contributed by atoms with E-state index in [0.29, 0.717) is 0 Å². The third-order valence-corrected chi connectivity index (χ3v) is 6.84. The van der Waals surface area contributed by atoms with Crippen LogP contribution in [0.15, 0.2) is 72.8 Å². The highest BCUT2D eigenvalue weighted by molar-refractivity contribution is 5.83. The van der Waals surface area contributed by atoms with Gasteiger partial charge in [-0.3, -0.25) is 0 Å². The predicted molar refractivity (Wildman–Crippen MR) is 126 cm³/mol. The molecule has 0 heteroatoms. The molecule has 29 heavy (non-hydrogen) atoms. The summed E-state index contributed by atoms with van der Waals surface area (Å²) in [5.74, 6) is 1.73. The first-order valence-electron chi connectivity index (χ1n) is 11.6. The first-order valence-corrected chi connectivity index (χ1v) is 11.6. The molecular formula is C29H34. The Morgan fingerprint density at radius 1 is 0.655 bits per heavy atom. The third-order valence-electron chi connectivity index (χ3n) is 6.84. The summed E-state index contributed by atoms with van der Waals surface area (Å²) < 4.78 is 0. The van der Waals surface area contributed by atoms with Gasteiger partial charge >= 0.3 is 0 Å². The van der Waals surface area contributed by atoms with Gasteiger partial charge in [0.25, 0.3) is 0 Å². The molecule has 4 rings (SSSR count). The summed E-state index contributed by atoms with van der Waals surface area (Å²) in [7, 11) is 0. The zero-order valence-corrected chi connectivity index (χ0v) is 18.0. The second-order valence-corrected chi connectivity index (χ2v) is 8.72. The minimum Gasteiger partial charge on any atom is -0.0654 e. The van der Waals surface area contributed by atoms with Gasteiger partial charge in [-0.1, -0.05) is 99.5 Å². The van der Waals surface area contributed by atoms with Crippen LogP contribution >= 0.6 is 0 Å².